The Labute approximate surface area is 406 Å². The van der Waals surface area contributed by atoms with E-state index in [2.05, 4.69) is 30.9 Å². The topological polar surface area (TPSA) is 110 Å². The number of benzene rings is 4. The van der Waals surface area contributed by atoms with E-state index in [0.29, 0.717) is 37.5 Å². The summed E-state index contributed by atoms with van der Waals surface area (Å²) in [6.07, 6.45) is 14.9. The molecule has 1 heterocycles. The largest absolute Gasteiger partial charge is 0.493 e. The maximum Gasteiger partial charge on any atom is 0.239 e. The number of carbonyl (C=O) groups excluding carboxylic acids is 1. The van der Waals surface area contributed by atoms with Crippen LogP contribution in [0.4, 0.5) is 4.39 Å². The first-order chi connectivity index (χ1) is 33.4. The van der Waals surface area contributed by atoms with E-state index in [4.69, 9.17) is 24.2 Å². The van der Waals surface area contributed by atoms with Gasteiger partial charge >= 0.3 is 0 Å². The van der Waals surface area contributed by atoms with Gasteiger partial charge in [-0.3, -0.25) is 4.79 Å². The SMILES string of the molecule is C=CCO[C@@]12Oc3ccc(OCCSc4ccccc4)cc3[C@H]3[C@H](CCCCO)[C@@H](CCCCO)C=C(C(=NOCc4ccccc4)C[C@@H]1N(Cc1ccc(F)cc1)C(=O)CCC1CCCC1)[C@H]32. The molecule has 0 unspecified atom stereocenters. The molecule has 2 saturated carbocycles. The number of aliphatic hydroxyl groups excluding tert-OH is 2. The van der Waals surface area contributed by atoms with E-state index in [1.165, 1.54) is 29.9 Å². The van der Waals surface area contributed by atoms with Crippen LogP contribution in [0.5, 0.6) is 11.5 Å². The van der Waals surface area contributed by atoms with Crippen LogP contribution in [0.2, 0.25) is 0 Å². The average molecular weight is 945 g/mol. The molecule has 68 heavy (non-hydrogen) atoms. The summed E-state index contributed by atoms with van der Waals surface area (Å²) in [7, 11) is 0. The lowest BCUT2D eigenvalue weighted by molar-refractivity contribution is -0.258. The van der Waals surface area contributed by atoms with Gasteiger partial charge in [0.2, 0.25) is 11.7 Å². The number of amides is 1. The highest BCUT2D eigenvalue weighted by atomic mass is 32.2. The fourth-order valence-electron chi connectivity index (χ4n) is 11.3. The van der Waals surface area contributed by atoms with Crippen molar-refractivity contribution in [2.24, 2.45) is 28.8 Å². The van der Waals surface area contributed by atoms with Crippen molar-refractivity contribution in [3.8, 4) is 11.5 Å². The third kappa shape index (κ3) is 12.1. The molecule has 0 bridgehead atoms. The first-order valence-corrected chi connectivity index (χ1v) is 26.0. The van der Waals surface area contributed by atoms with Gasteiger partial charge in [0.1, 0.15) is 30.0 Å². The van der Waals surface area contributed by atoms with Gasteiger partial charge < -0.3 is 34.2 Å². The fourth-order valence-corrected chi connectivity index (χ4v) is 12.0. The Kier molecular flexibility index (Phi) is 17.9. The molecule has 4 aromatic carbocycles. The number of carbonyl (C=O) groups is 1. The molecule has 1 amide bonds. The molecule has 2 N–H and O–H groups in total. The molecule has 11 heteroatoms. The molecule has 0 spiro atoms. The number of thioether (sulfide) groups is 1. The zero-order valence-electron chi connectivity index (χ0n) is 39.4. The lowest BCUT2D eigenvalue weighted by Gasteiger charge is -2.60. The number of aliphatic hydroxyl groups is 2. The van der Waals surface area contributed by atoms with Crippen LogP contribution in [0.3, 0.4) is 0 Å². The number of hydrogen-bond acceptors (Lipinski definition) is 9. The summed E-state index contributed by atoms with van der Waals surface area (Å²) in [6, 6.07) is 32.1. The van der Waals surface area contributed by atoms with E-state index in [1.54, 1.807) is 30.0 Å². The van der Waals surface area contributed by atoms with Crippen LogP contribution in [0.1, 0.15) is 106 Å². The van der Waals surface area contributed by atoms with Crippen molar-refractivity contribution in [2.75, 3.05) is 32.2 Å². The van der Waals surface area contributed by atoms with Crippen LogP contribution in [-0.4, -0.2) is 70.7 Å². The zero-order chi connectivity index (χ0) is 47.1. The third-order valence-electron chi connectivity index (χ3n) is 14.5. The summed E-state index contributed by atoms with van der Waals surface area (Å²) in [6.45, 7) is 5.47. The minimum Gasteiger partial charge on any atom is -0.493 e. The second kappa shape index (κ2) is 24.6. The number of ether oxygens (including phenoxy) is 3. The van der Waals surface area contributed by atoms with Gasteiger partial charge in [-0.05, 0) is 109 Å². The Balaban J connectivity index is 1.27. The molecule has 1 aliphatic heterocycles. The van der Waals surface area contributed by atoms with Gasteiger partial charge in [0, 0.05) is 54.7 Å². The quantitative estimate of drug-likeness (QED) is 0.0293. The Morgan fingerprint density at radius 2 is 1.63 bits per heavy atom. The Bertz CT molecular complexity index is 2290. The maximum atomic E-state index is 15.2. The van der Waals surface area contributed by atoms with Crippen LogP contribution in [0, 0.1) is 29.5 Å². The Morgan fingerprint density at radius 3 is 2.37 bits per heavy atom. The molecule has 8 rings (SSSR count). The summed E-state index contributed by atoms with van der Waals surface area (Å²) >= 11 is 1.75. The average Bonchev–Trinajstić information content (AvgIpc) is 3.90. The molecule has 2 fully saturated rings. The van der Waals surface area contributed by atoms with E-state index >= 15 is 4.79 Å². The van der Waals surface area contributed by atoms with E-state index < -0.39 is 17.7 Å². The summed E-state index contributed by atoms with van der Waals surface area (Å²) in [5.74, 6) is 0.455. The number of rotatable bonds is 25. The van der Waals surface area contributed by atoms with Crippen molar-refractivity contribution in [2.45, 2.75) is 119 Å². The lowest BCUT2D eigenvalue weighted by Crippen LogP contribution is -2.70. The van der Waals surface area contributed by atoms with Crippen molar-refractivity contribution in [3.05, 3.63) is 150 Å². The van der Waals surface area contributed by atoms with Crippen molar-refractivity contribution in [1.29, 1.82) is 0 Å². The number of allylic oxidation sites excluding steroid dienone is 1. The van der Waals surface area contributed by atoms with Gasteiger partial charge in [0.15, 0.2) is 0 Å². The highest BCUT2D eigenvalue weighted by molar-refractivity contribution is 7.99. The molecule has 3 aliphatic carbocycles. The summed E-state index contributed by atoms with van der Waals surface area (Å²) in [4.78, 5) is 24.7. The van der Waals surface area contributed by atoms with Crippen LogP contribution in [0.25, 0.3) is 0 Å². The molecule has 0 radical (unpaired) electrons. The third-order valence-corrected chi connectivity index (χ3v) is 15.4. The van der Waals surface area contributed by atoms with Crippen molar-refractivity contribution in [3.63, 3.8) is 0 Å². The standard InChI is InChI=1S/C57H69FN2O7S/c1-2-33-65-57-53(60(39-42-23-26-45(58)27-24-42)54(63)30-25-41-15-9-10-16-41)38-51(59-66-40-43-17-5-3-6-18-43)49-36-44(19-11-13-31-61)48(22-12-14-32-62)55(56(49)57)50-37-46(28-29-52(50)67-57)64-34-35-68-47-20-7-4-8-21-47/h2-8,17-18,20-21,23-24,26-29,36-37,41,44,48,53,55-56,61-62H,1,9-16,19,22,25,30-35,38-40H2/t44-,48+,53-,55+,56+,57+/m0/s1. The molecular formula is C57H69FN2O7S. The van der Waals surface area contributed by atoms with Gasteiger partial charge in [-0.25, -0.2) is 4.39 Å². The smallest absolute Gasteiger partial charge is 0.239 e. The first kappa shape index (κ1) is 49.5. The highest BCUT2D eigenvalue weighted by Crippen LogP contribution is 2.62. The molecular weight excluding hydrogens is 876 g/mol. The molecule has 0 aromatic heterocycles. The summed E-state index contributed by atoms with van der Waals surface area (Å²) in [5, 5.41) is 25.1. The molecule has 4 aliphatic rings. The van der Waals surface area contributed by atoms with Gasteiger partial charge in [0.25, 0.3) is 0 Å². The van der Waals surface area contributed by atoms with Crippen LogP contribution in [0.15, 0.2) is 137 Å². The highest BCUT2D eigenvalue weighted by Gasteiger charge is 2.65. The van der Waals surface area contributed by atoms with Gasteiger partial charge in [-0.2, -0.15) is 0 Å². The van der Waals surface area contributed by atoms with E-state index in [-0.39, 0.29) is 68.9 Å². The molecule has 0 saturated heterocycles. The van der Waals surface area contributed by atoms with Crippen molar-refractivity contribution >= 4 is 23.4 Å². The second-order valence-corrected chi connectivity index (χ2v) is 20.0. The minimum absolute atomic E-state index is 0.00922. The van der Waals surface area contributed by atoms with Gasteiger partial charge in [-0.1, -0.05) is 116 Å². The zero-order valence-corrected chi connectivity index (χ0v) is 40.2. The fraction of sp³-hybridized carbons (Fsp3) is 0.474. The maximum absolute atomic E-state index is 15.2. The number of hydrogen-bond donors (Lipinski definition) is 2. The first-order valence-electron chi connectivity index (χ1n) is 25.0. The van der Waals surface area contributed by atoms with Crippen LogP contribution >= 0.6 is 11.8 Å². The number of halogens is 1. The molecule has 362 valence electrons. The van der Waals surface area contributed by atoms with Gasteiger partial charge in [0.05, 0.1) is 24.8 Å². The number of nitrogens with zero attached hydrogens (tertiary/aromatic N) is 2. The number of fused-ring (bicyclic) bond motifs is 2. The van der Waals surface area contributed by atoms with E-state index in [1.807, 2.05) is 65.6 Å². The normalized spacial score (nSPS) is 23.5. The van der Waals surface area contributed by atoms with E-state index in [0.717, 1.165) is 84.4 Å². The summed E-state index contributed by atoms with van der Waals surface area (Å²) < 4.78 is 35.8. The predicted octanol–water partition coefficient (Wildman–Crippen LogP) is 11.8. The van der Waals surface area contributed by atoms with Crippen LogP contribution in [-0.2, 0) is 27.5 Å². The summed E-state index contributed by atoms with van der Waals surface area (Å²) in [5.41, 5.74) is 4.51. The number of unbranched alkanes of at least 4 members (excludes halogenated alkanes) is 2. The van der Waals surface area contributed by atoms with E-state index in [9.17, 15) is 14.6 Å². The Hall–Kier alpha value is -4.94. The van der Waals surface area contributed by atoms with Crippen molar-refractivity contribution in [1.82, 2.24) is 4.90 Å². The Morgan fingerprint density at radius 1 is 0.897 bits per heavy atom. The second-order valence-electron chi connectivity index (χ2n) is 18.9. The minimum atomic E-state index is -1.40. The predicted molar refractivity (Wildman–Crippen MR) is 267 cm³/mol. The molecule has 4 aromatic rings. The molecule has 6 atom stereocenters. The molecule has 9 nitrogen and oxygen atoms in total. The van der Waals surface area contributed by atoms with Gasteiger partial charge in [-0.15, -0.1) is 18.3 Å². The van der Waals surface area contributed by atoms with Crippen molar-refractivity contribution < 1.29 is 38.4 Å². The van der Waals surface area contributed by atoms with Crippen LogP contribution < -0.4 is 9.47 Å². The monoisotopic (exact) mass is 944 g/mol. The lowest BCUT2D eigenvalue weighted by atomic mass is 9.55. The number of oxime groups is 1.